The topological polar surface area (TPSA) is 67.6 Å². The van der Waals surface area contributed by atoms with E-state index < -0.39 is 0 Å². The number of rotatable bonds is 2. The molecule has 0 aliphatic carbocycles. The Bertz CT molecular complexity index is 884. The first kappa shape index (κ1) is 13.9. The van der Waals surface area contributed by atoms with Crippen molar-refractivity contribution in [3.63, 3.8) is 0 Å². The van der Waals surface area contributed by atoms with Gasteiger partial charge in [-0.05, 0) is 37.1 Å². The summed E-state index contributed by atoms with van der Waals surface area (Å²) < 4.78 is 1.62. The van der Waals surface area contributed by atoms with E-state index in [2.05, 4.69) is 42.4 Å². The maximum absolute atomic E-state index is 9.14. The quantitative estimate of drug-likeness (QED) is 0.783. The highest BCUT2D eigenvalue weighted by Gasteiger charge is 2.13. The first-order chi connectivity index (χ1) is 10.6. The fourth-order valence-electron chi connectivity index (χ4n) is 2.52. The number of benzene rings is 2. The second kappa shape index (κ2) is 5.38. The molecule has 0 atom stereocenters. The summed E-state index contributed by atoms with van der Waals surface area (Å²) in [5.74, 6) is 0.376. The standard InChI is InChI=1S/C18H16N4/c1-12-5-3-6-14(9-12)15-7-4-8-16(10-15)22-18(20)17(11-19)13(2)21-22/h3-10H,20H2,1-2H3. The second-order valence-corrected chi connectivity index (χ2v) is 5.29. The largest absolute Gasteiger partial charge is 0.382 e. The Hall–Kier alpha value is -3.06. The minimum Gasteiger partial charge on any atom is -0.382 e. The monoisotopic (exact) mass is 288 g/mol. The Labute approximate surface area is 129 Å². The van der Waals surface area contributed by atoms with Gasteiger partial charge in [0.05, 0.1) is 11.4 Å². The molecule has 1 aromatic heterocycles. The van der Waals surface area contributed by atoms with Gasteiger partial charge in [0.2, 0.25) is 0 Å². The van der Waals surface area contributed by atoms with E-state index in [0.29, 0.717) is 17.1 Å². The van der Waals surface area contributed by atoms with Crippen LogP contribution in [-0.2, 0) is 0 Å². The minimum absolute atomic E-state index is 0.376. The van der Waals surface area contributed by atoms with Crippen molar-refractivity contribution in [3.8, 4) is 22.9 Å². The maximum atomic E-state index is 9.14. The highest BCUT2D eigenvalue weighted by Crippen LogP contribution is 2.25. The van der Waals surface area contributed by atoms with Crippen molar-refractivity contribution < 1.29 is 0 Å². The predicted molar refractivity (Wildman–Crippen MR) is 87.6 cm³/mol. The minimum atomic E-state index is 0.376. The zero-order valence-electron chi connectivity index (χ0n) is 12.5. The van der Waals surface area contributed by atoms with Gasteiger partial charge < -0.3 is 5.73 Å². The number of aryl methyl sites for hydroxylation is 2. The van der Waals surface area contributed by atoms with Crippen LogP contribution in [0.5, 0.6) is 0 Å². The van der Waals surface area contributed by atoms with Crippen LogP contribution in [0.15, 0.2) is 48.5 Å². The van der Waals surface area contributed by atoms with E-state index >= 15 is 0 Å². The van der Waals surface area contributed by atoms with Gasteiger partial charge in [0, 0.05) is 0 Å². The van der Waals surface area contributed by atoms with Crippen molar-refractivity contribution in [2.24, 2.45) is 0 Å². The predicted octanol–water partition coefficient (Wildman–Crippen LogP) is 3.61. The average Bonchev–Trinajstić information content (AvgIpc) is 2.81. The van der Waals surface area contributed by atoms with Crippen LogP contribution in [0, 0.1) is 25.2 Å². The SMILES string of the molecule is Cc1cccc(-c2cccc(-n3nc(C)c(C#N)c3N)c2)c1. The van der Waals surface area contributed by atoms with Crippen molar-refractivity contribution in [1.29, 1.82) is 5.26 Å². The first-order valence-corrected chi connectivity index (χ1v) is 7.03. The Morgan fingerprint density at radius 1 is 1.05 bits per heavy atom. The van der Waals surface area contributed by atoms with E-state index in [1.807, 2.05) is 24.3 Å². The summed E-state index contributed by atoms with van der Waals surface area (Å²) in [6.07, 6.45) is 0. The molecule has 0 radical (unpaired) electrons. The molecule has 0 spiro atoms. The highest BCUT2D eigenvalue weighted by atomic mass is 15.3. The smallest absolute Gasteiger partial charge is 0.145 e. The van der Waals surface area contributed by atoms with E-state index in [0.717, 1.165) is 16.8 Å². The molecule has 2 aromatic carbocycles. The summed E-state index contributed by atoms with van der Waals surface area (Å²) >= 11 is 0. The van der Waals surface area contributed by atoms with Crippen LogP contribution in [-0.4, -0.2) is 9.78 Å². The number of nitrogens with zero attached hydrogens (tertiary/aromatic N) is 3. The molecular formula is C18H16N4. The fraction of sp³-hybridized carbons (Fsp3) is 0.111. The summed E-state index contributed by atoms with van der Waals surface area (Å²) in [6, 6.07) is 18.4. The molecule has 0 amide bonds. The first-order valence-electron chi connectivity index (χ1n) is 7.03. The molecule has 22 heavy (non-hydrogen) atoms. The van der Waals surface area contributed by atoms with E-state index in [9.17, 15) is 0 Å². The van der Waals surface area contributed by atoms with Crippen molar-refractivity contribution in [2.75, 3.05) is 5.73 Å². The van der Waals surface area contributed by atoms with Crippen LogP contribution in [0.4, 0.5) is 5.82 Å². The second-order valence-electron chi connectivity index (χ2n) is 5.29. The summed E-state index contributed by atoms with van der Waals surface area (Å²) in [7, 11) is 0. The number of hydrogen-bond acceptors (Lipinski definition) is 3. The Morgan fingerprint density at radius 2 is 1.73 bits per heavy atom. The molecule has 0 aliphatic rings. The molecule has 2 N–H and O–H groups in total. The van der Waals surface area contributed by atoms with Gasteiger partial charge in [-0.15, -0.1) is 0 Å². The van der Waals surface area contributed by atoms with Crippen LogP contribution in [0.1, 0.15) is 16.8 Å². The van der Waals surface area contributed by atoms with E-state index in [4.69, 9.17) is 11.0 Å². The van der Waals surface area contributed by atoms with Crippen LogP contribution in [0.2, 0.25) is 0 Å². The summed E-state index contributed by atoms with van der Waals surface area (Å²) in [5, 5.41) is 13.5. The molecule has 0 unspecified atom stereocenters. The third kappa shape index (κ3) is 2.33. The molecule has 3 rings (SSSR count). The molecule has 1 heterocycles. The Kier molecular flexibility index (Phi) is 3.40. The number of nitrogen functional groups attached to an aromatic ring is 1. The average molecular weight is 288 g/mol. The van der Waals surface area contributed by atoms with Gasteiger partial charge in [0.25, 0.3) is 0 Å². The Morgan fingerprint density at radius 3 is 2.36 bits per heavy atom. The number of anilines is 1. The van der Waals surface area contributed by atoms with Gasteiger partial charge in [0.15, 0.2) is 0 Å². The molecule has 0 fully saturated rings. The van der Waals surface area contributed by atoms with Gasteiger partial charge in [-0.25, -0.2) is 4.68 Å². The fourth-order valence-corrected chi connectivity index (χ4v) is 2.52. The molecule has 4 heteroatoms. The summed E-state index contributed by atoms with van der Waals surface area (Å²) in [4.78, 5) is 0. The lowest BCUT2D eigenvalue weighted by atomic mass is 10.0. The molecule has 0 saturated carbocycles. The van der Waals surface area contributed by atoms with E-state index in [1.165, 1.54) is 5.56 Å². The van der Waals surface area contributed by atoms with E-state index in [1.54, 1.807) is 11.6 Å². The molecule has 4 nitrogen and oxygen atoms in total. The molecular weight excluding hydrogens is 272 g/mol. The zero-order valence-corrected chi connectivity index (χ0v) is 12.5. The van der Waals surface area contributed by atoms with Crippen molar-refractivity contribution in [2.45, 2.75) is 13.8 Å². The number of nitriles is 1. The molecule has 0 saturated heterocycles. The van der Waals surface area contributed by atoms with Gasteiger partial charge in [-0.2, -0.15) is 10.4 Å². The van der Waals surface area contributed by atoms with Gasteiger partial charge in [0.1, 0.15) is 17.5 Å². The normalized spacial score (nSPS) is 10.4. The number of nitrogens with two attached hydrogens (primary N) is 1. The molecule has 0 bridgehead atoms. The summed E-state index contributed by atoms with van der Waals surface area (Å²) in [5.41, 5.74) is 11.4. The highest BCUT2D eigenvalue weighted by molar-refractivity contribution is 5.67. The third-order valence-electron chi connectivity index (χ3n) is 3.65. The van der Waals surface area contributed by atoms with Gasteiger partial charge in [-0.3, -0.25) is 0 Å². The lowest BCUT2D eigenvalue weighted by molar-refractivity contribution is 0.872. The number of hydrogen-bond donors (Lipinski definition) is 1. The van der Waals surface area contributed by atoms with Crippen LogP contribution < -0.4 is 5.73 Å². The van der Waals surface area contributed by atoms with Crippen LogP contribution >= 0.6 is 0 Å². The van der Waals surface area contributed by atoms with Crippen LogP contribution in [0.25, 0.3) is 16.8 Å². The van der Waals surface area contributed by atoms with E-state index in [-0.39, 0.29) is 0 Å². The van der Waals surface area contributed by atoms with Crippen molar-refractivity contribution >= 4 is 5.82 Å². The molecule has 3 aromatic rings. The molecule has 0 aliphatic heterocycles. The lowest BCUT2D eigenvalue weighted by Crippen LogP contribution is -2.02. The Balaban J connectivity index is 2.11. The van der Waals surface area contributed by atoms with Gasteiger partial charge in [-0.1, -0.05) is 42.0 Å². The zero-order chi connectivity index (χ0) is 15.7. The maximum Gasteiger partial charge on any atom is 0.145 e. The summed E-state index contributed by atoms with van der Waals surface area (Å²) in [6.45, 7) is 3.86. The molecule has 108 valence electrons. The van der Waals surface area contributed by atoms with Gasteiger partial charge >= 0.3 is 0 Å². The van der Waals surface area contributed by atoms with Crippen molar-refractivity contribution in [3.05, 3.63) is 65.4 Å². The third-order valence-corrected chi connectivity index (χ3v) is 3.65. The van der Waals surface area contributed by atoms with Crippen molar-refractivity contribution in [1.82, 2.24) is 9.78 Å². The van der Waals surface area contributed by atoms with Crippen LogP contribution in [0.3, 0.4) is 0 Å². The number of aromatic nitrogens is 2. The lowest BCUT2D eigenvalue weighted by Gasteiger charge is -2.08.